The van der Waals surface area contributed by atoms with E-state index in [4.69, 9.17) is 23.2 Å². The fraction of sp³-hybridized carbons (Fsp3) is 0.0303. The van der Waals surface area contributed by atoms with E-state index < -0.39 is 7.12 Å². The van der Waals surface area contributed by atoms with Crippen molar-refractivity contribution in [2.24, 2.45) is 0 Å². The van der Waals surface area contributed by atoms with Gasteiger partial charge in [0.25, 0.3) is 0 Å². The molecule has 12 aromatic rings. The highest BCUT2D eigenvalue weighted by molar-refractivity contribution is 14.0. The van der Waals surface area contributed by atoms with E-state index in [0.717, 1.165) is 63.9 Å². The second-order valence-corrected chi connectivity index (χ2v) is 18.7. The quantitative estimate of drug-likeness (QED) is 0.0990. The molecule has 0 unspecified atom stereocenters. The van der Waals surface area contributed by atoms with Crippen LogP contribution in [0.4, 0.5) is 0 Å². The Morgan fingerprint density at radius 2 is 0.603 bits per heavy atom. The lowest BCUT2D eigenvalue weighted by atomic mass is 9.71. The average Bonchev–Trinajstić information content (AvgIpc) is 3.41. The molecule has 0 aliphatic rings. The maximum atomic E-state index is 10.1. The maximum Gasteiger partial charge on any atom is 0.489 e. The molecule has 0 saturated carbocycles. The highest BCUT2D eigenvalue weighted by Gasteiger charge is 2.24. The van der Waals surface area contributed by atoms with Gasteiger partial charge in [-0.05, 0) is 147 Å². The van der Waals surface area contributed by atoms with Gasteiger partial charge in [0.05, 0.1) is 0 Å². The zero-order valence-corrected chi connectivity index (χ0v) is 43.7. The molecule has 0 spiro atoms. The molecule has 0 saturated heterocycles. The highest BCUT2D eigenvalue weighted by Crippen LogP contribution is 2.45. The summed E-state index contributed by atoms with van der Waals surface area (Å²) in [7, 11) is -1.53. The number of rotatable bonds is 6. The normalized spacial score (nSPS) is 10.5. The fourth-order valence-electron chi connectivity index (χ4n) is 9.56. The van der Waals surface area contributed by atoms with Gasteiger partial charge in [-0.25, -0.2) is 0 Å². The number of hydrogen-bond acceptors (Lipinski definition) is 2. The Labute approximate surface area is 466 Å². The molecule has 0 bridgehead atoms. The predicted molar refractivity (Wildman–Crippen MR) is 335 cm³/mol. The van der Waals surface area contributed by atoms with E-state index in [1.165, 1.54) is 49.4 Å². The van der Waals surface area contributed by atoms with Gasteiger partial charge in [-0.1, -0.05) is 266 Å². The number of hydrogen-bond donors (Lipinski definition) is 2. The maximum absolute atomic E-state index is 10.1. The number of benzene rings is 12. The highest BCUT2D eigenvalue weighted by atomic mass is 127. The van der Waals surface area contributed by atoms with E-state index in [9.17, 15) is 10.0 Å². The molecule has 2 nitrogen and oxygen atoms in total. The summed E-state index contributed by atoms with van der Waals surface area (Å²) in [6, 6.07) is 87.0. The van der Waals surface area contributed by atoms with Crippen LogP contribution in [0.5, 0.6) is 0 Å². The van der Waals surface area contributed by atoms with E-state index in [0.29, 0.717) is 5.46 Å². The predicted octanol–water partition coefficient (Wildman–Crippen LogP) is 19.9. The van der Waals surface area contributed by atoms with Crippen LogP contribution < -0.4 is 5.46 Å². The third-order valence-corrected chi connectivity index (χ3v) is 13.5. The molecule has 12 rings (SSSR count). The van der Waals surface area contributed by atoms with Crippen molar-refractivity contribution in [3.8, 4) is 55.6 Å². The van der Waals surface area contributed by atoms with Crippen LogP contribution in [0.1, 0.15) is 16.3 Å². The molecule has 0 atom stereocenters. The van der Waals surface area contributed by atoms with Gasteiger partial charge in [0.1, 0.15) is 0 Å². The first kappa shape index (κ1) is 54.2. The second-order valence-electron chi connectivity index (χ2n) is 16.9. The SMILES string of the molecule is C.C.Clc1cccc(-c2cccc(-c3c(-c4ccccc4)c4ccccc4c4ccccc34)c2)c1.Clc1cccc(-c2cccc(Br)c2)c1.I.OB(O)c1c(-c2ccccc2)c2ccccc2c2ccccc12.[HH]. The van der Waals surface area contributed by atoms with E-state index in [2.05, 4.69) is 143 Å². The van der Waals surface area contributed by atoms with Crippen LogP contribution in [0.15, 0.2) is 259 Å². The first-order chi connectivity index (χ1) is 34.3. The summed E-state index contributed by atoms with van der Waals surface area (Å²) in [4.78, 5) is 0. The monoisotopic (exact) mass is 1170 g/mol. The minimum Gasteiger partial charge on any atom is -0.423 e. The molecular weight excluding hydrogens is 1110 g/mol. The topological polar surface area (TPSA) is 40.5 Å². The van der Waals surface area contributed by atoms with E-state index in [-0.39, 0.29) is 40.3 Å². The van der Waals surface area contributed by atoms with Crippen LogP contribution in [0.2, 0.25) is 10.0 Å². The van der Waals surface area contributed by atoms with Crippen molar-refractivity contribution in [1.29, 1.82) is 0 Å². The van der Waals surface area contributed by atoms with E-state index in [1.807, 2.05) is 127 Å². The Morgan fingerprint density at radius 1 is 0.301 bits per heavy atom. The van der Waals surface area contributed by atoms with Crippen molar-refractivity contribution in [3.05, 3.63) is 269 Å². The standard InChI is InChI=1S/C32H21Cl.C20H15BO2.C12H8BrCl.2CH4.HI.H2/c33-26-15-9-13-24(21-26)23-12-8-14-25(20-23)32-30-19-7-5-17-28(30)27-16-4-6-18-29(27)31(32)22-10-2-1-3-11-22;22-21(23)20-18-13-7-5-11-16(18)15-10-4-6-12-17(15)19(20)14-8-2-1-3-9-14;13-11-5-1-3-9(7-11)10-4-2-6-12(14)8-10;;;;/h1-21H;1-13,22-23H;1-8H;2*1H4;2*1H. The van der Waals surface area contributed by atoms with Gasteiger partial charge in [0.2, 0.25) is 0 Å². The van der Waals surface area contributed by atoms with Crippen molar-refractivity contribution in [2.45, 2.75) is 14.9 Å². The number of fused-ring (bicyclic) bond motifs is 6. The largest absolute Gasteiger partial charge is 0.489 e. The summed E-state index contributed by atoms with van der Waals surface area (Å²) >= 11 is 15.7. The summed E-state index contributed by atoms with van der Waals surface area (Å²) in [5.74, 6) is 0. The smallest absolute Gasteiger partial charge is 0.423 e. The van der Waals surface area contributed by atoms with Crippen LogP contribution in [0, 0.1) is 0 Å². The number of halogens is 4. The van der Waals surface area contributed by atoms with E-state index >= 15 is 0 Å². The molecule has 0 fully saturated rings. The second kappa shape index (κ2) is 24.9. The van der Waals surface area contributed by atoms with Crippen molar-refractivity contribution >= 4 is 119 Å². The molecule has 0 radical (unpaired) electrons. The summed E-state index contributed by atoms with van der Waals surface area (Å²) in [5.41, 5.74) is 12.0. The lowest BCUT2D eigenvalue weighted by Crippen LogP contribution is -2.32. The molecule has 0 heterocycles. The molecular formula is C66H55BBrCl2IO2. The fourth-order valence-corrected chi connectivity index (χ4v) is 10.3. The average molecular weight is 1170 g/mol. The van der Waals surface area contributed by atoms with Gasteiger partial charge in [0, 0.05) is 15.9 Å². The Morgan fingerprint density at radius 3 is 1.04 bits per heavy atom. The van der Waals surface area contributed by atoms with Crippen molar-refractivity contribution in [3.63, 3.8) is 0 Å². The lowest BCUT2D eigenvalue weighted by molar-refractivity contribution is 0.426. The van der Waals surface area contributed by atoms with Crippen molar-refractivity contribution < 1.29 is 11.5 Å². The third kappa shape index (κ3) is 11.8. The Balaban J connectivity index is 0.000000190. The summed E-state index contributed by atoms with van der Waals surface area (Å²) in [6.07, 6.45) is 0. The van der Waals surface area contributed by atoms with Crippen molar-refractivity contribution in [2.75, 3.05) is 0 Å². The van der Waals surface area contributed by atoms with Gasteiger partial charge in [-0.15, -0.1) is 24.0 Å². The first-order valence-corrected chi connectivity index (χ1v) is 24.6. The van der Waals surface area contributed by atoms with Crippen LogP contribution >= 0.6 is 63.1 Å². The van der Waals surface area contributed by atoms with Crippen molar-refractivity contribution in [1.82, 2.24) is 0 Å². The van der Waals surface area contributed by atoms with Crippen LogP contribution in [-0.2, 0) is 0 Å². The molecule has 0 aliphatic heterocycles. The molecule has 0 amide bonds. The van der Waals surface area contributed by atoms with Gasteiger partial charge in [0.15, 0.2) is 0 Å². The first-order valence-electron chi connectivity index (χ1n) is 23.0. The van der Waals surface area contributed by atoms with Gasteiger partial charge < -0.3 is 10.0 Å². The molecule has 73 heavy (non-hydrogen) atoms. The molecule has 362 valence electrons. The zero-order chi connectivity index (χ0) is 48.0. The van der Waals surface area contributed by atoms with E-state index in [1.54, 1.807) is 0 Å². The van der Waals surface area contributed by atoms with Gasteiger partial charge in [-0.2, -0.15) is 0 Å². The Hall–Kier alpha value is -6.55. The lowest BCUT2D eigenvalue weighted by Gasteiger charge is -2.19. The molecule has 0 aliphatic carbocycles. The molecule has 0 aromatic heterocycles. The van der Waals surface area contributed by atoms with Crippen LogP contribution in [0.25, 0.3) is 98.7 Å². The van der Waals surface area contributed by atoms with Crippen LogP contribution in [0.3, 0.4) is 0 Å². The summed E-state index contributed by atoms with van der Waals surface area (Å²) in [6.45, 7) is 0. The summed E-state index contributed by atoms with van der Waals surface area (Å²) in [5, 5.41) is 30.8. The van der Waals surface area contributed by atoms with Crippen LogP contribution in [-0.4, -0.2) is 17.2 Å². The molecule has 12 aromatic carbocycles. The zero-order valence-electron chi connectivity index (χ0n) is 38.3. The molecule has 7 heteroatoms. The van der Waals surface area contributed by atoms with Gasteiger partial charge >= 0.3 is 7.12 Å². The summed E-state index contributed by atoms with van der Waals surface area (Å²) < 4.78 is 1.08. The third-order valence-electron chi connectivity index (χ3n) is 12.6. The molecule has 2 N–H and O–H groups in total. The minimum atomic E-state index is -1.53. The Kier molecular flexibility index (Phi) is 18.5. The minimum absolute atomic E-state index is 0. The van der Waals surface area contributed by atoms with Gasteiger partial charge in [-0.3, -0.25) is 0 Å². The Bertz CT molecular complexity index is 3780.